The summed E-state index contributed by atoms with van der Waals surface area (Å²) in [5.74, 6) is -1.99. The number of rotatable bonds is 3. The Labute approximate surface area is 121 Å². The van der Waals surface area contributed by atoms with Crippen LogP contribution in [-0.4, -0.2) is 17.0 Å². The van der Waals surface area contributed by atoms with Crippen LogP contribution in [0.2, 0.25) is 5.02 Å². The number of ether oxygens (including phenoxy) is 1. The molecule has 4 nitrogen and oxygen atoms in total. The predicted octanol–water partition coefficient (Wildman–Crippen LogP) is 4.12. The molecule has 2 rings (SSSR count). The number of aromatic nitrogens is 2. The summed E-state index contributed by atoms with van der Waals surface area (Å²) in [7, 11) is 1.35. The molecule has 0 bridgehead atoms. The molecule has 0 atom stereocenters. The van der Waals surface area contributed by atoms with Crippen LogP contribution in [0.15, 0.2) is 24.3 Å². The normalized spacial score (nSPS) is 11.3. The van der Waals surface area contributed by atoms with Crippen molar-refractivity contribution in [3.05, 3.63) is 40.8 Å². The fraction of sp³-hybridized carbons (Fsp3) is 0.167. The largest absolute Gasteiger partial charge is 0.436 e. The Morgan fingerprint density at radius 2 is 1.95 bits per heavy atom. The van der Waals surface area contributed by atoms with Gasteiger partial charge >= 0.3 is 6.18 Å². The van der Waals surface area contributed by atoms with E-state index in [1.807, 2.05) is 0 Å². The van der Waals surface area contributed by atoms with Crippen molar-refractivity contribution < 1.29 is 22.3 Å². The van der Waals surface area contributed by atoms with Crippen LogP contribution in [-0.2, 0) is 6.18 Å². The molecule has 1 heterocycles. The second kappa shape index (κ2) is 5.72. The first kappa shape index (κ1) is 15.3. The van der Waals surface area contributed by atoms with Crippen LogP contribution in [0.25, 0.3) is 0 Å². The fourth-order valence-corrected chi connectivity index (χ4v) is 1.58. The maximum Gasteiger partial charge on any atom is 0.433 e. The van der Waals surface area contributed by atoms with E-state index in [1.165, 1.54) is 25.2 Å². The van der Waals surface area contributed by atoms with E-state index in [0.717, 1.165) is 0 Å². The van der Waals surface area contributed by atoms with Crippen molar-refractivity contribution in [2.45, 2.75) is 6.18 Å². The molecule has 0 fully saturated rings. The van der Waals surface area contributed by atoms with Crippen molar-refractivity contribution in [3.8, 4) is 11.6 Å². The third-order valence-corrected chi connectivity index (χ3v) is 2.64. The number of hydrogen-bond donors (Lipinski definition) is 1. The Kier molecular flexibility index (Phi) is 4.17. The van der Waals surface area contributed by atoms with E-state index < -0.39 is 23.6 Å². The number of nitrogens with one attached hydrogen (secondary N) is 1. The van der Waals surface area contributed by atoms with E-state index in [2.05, 4.69) is 15.3 Å². The number of halogens is 5. The van der Waals surface area contributed by atoms with Crippen LogP contribution in [0.1, 0.15) is 5.69 Å². The van der Waals surface area contributed by atoms with Crippen molar-refractivity contribution in [1.82, 2.24) is 9.97 Å². The minimum absolute atomic E-state index is 0.216. The van der Waals surface area contributed by atoms with Gasteiger partial charge in [-0.3, -0.25) is 0 Å². The average Bonchev–Trinajstić information content (AvgIpc) is 2.42. The second-order valence-electron chi connectivity index (χ2n) is 3.82. The van der Waals surface area contributed by atoms with Gasteiger partial charge in [-0.05, 0) is 12.1 Å². The highest BCUT2D eigenvalue weighted by molar-refractivity contribution is 6.30. The standard InChI is InChI=1S/C12H8ClF4N3O/c1-18-11-19-8(12(15,16)17)5-9(20-11)21-7-4-2-3-6(13)10(7)14/h2-5H,1H3,(H,18,19,20). The quantitative estimate of drug-likeness (QED) is 0.864. The Morgan fingerprint density at radius 1 is 1.24 bits per heavy atom. The van der Waals surface area contributed by atoms with Crippen molar-refractivity contribution in [3.63, 3.8) is 0 Å². The maximum absolute atomic E-state index is 13.7. The van der Waals surface area contributed by atoms with Crippen molar-refractivity contribution in [2.75, 3.05) is 12.4 Å². The second-order valence-corrected chi connectivity index (χ2v) is 4.22. The third-order valence-electron chi connectivity index (χ3n) is 2.35. The minimum Gasteiger partial charge on any atom is -0.436 e. The number of anilines is 1. The highest BCUT2D eigenvalue weighted by atomic mass is 35.5. The molecule has 0 spiro atoms. The SMILES string of the molecule is CNc1nc(Oc2cccc(Cl)c2F)cc(C(F)(F)F)n1. The molecule has 112 valence electrons. The van der Waals surface area contributed by atoms with Crippen molar-refractivity contribution >= 4 is 17.5 Å². The first-order valence-corrected chi connectivity index (χ1v) is 5.95. The highest BCUT2D eigenvalue weighted by Gasteiger charge is 2.34. The molecule has 0 radical (unpaired) electrons. The van der Waals surface area contributed by atoms with Gasteiger partial charge in [-0.25, -0.2) is 9.37 Å². The van der Waals surface area contributed by atoms with Gasteiger partial charge in [0.2, 0.25) is 11.8 Å². The third kappa shape index (κ3) is 3.52. The lowest BCUT2D eigenvalue weighted by Gasteiger charge is -2.11. The van der Waals surface area contributed by atoms with Gasteiger partial charge in [-0.15, -0.1) is 0 Å². The van der Waals surface area contributed by atoms with E-state index >= 15 is 0 Å². The zero-order chi connectivity index (χ0) is 15.6. The fourth-order valence-electron chi connectivity index (χ4n) is 1.41. The summed E-state index contributed by atoms with van der Waals surface area (Å²) in [6, 6.07) is 4.46. The Morgan fingerprint density at radius 3 is 2.57 bits per heavy atom. The Balaban J connectivity index is 2.42. The molecule has 9 heteroatoms. The molecule has 21 heavy (non-hydrogen) atoms. The number of alkyl halides is 3. The van der Waals surface area contributed by atoms with E-state index in [4.69, 9.17) is 16.3 Å². The van der Waals surface area contributed by atoms with E-state index in [0.29, 0.717) is 6.07 Å². The molecule has 0 saturated heterocycles. The van der Waals surface area contributed by atoms with Crippen LogP contribution in [0.3, 0.4) is 0 Å². The monoisotopic (exact) mass is 321 g/mol. The highest BCUT2D eigenvalue weighted by Crippen LogP contribution is 2.33. The molecular formula is C12H8ClF4N3O. The maximum atomic E-state index is 13.7. The molecule has 0 aliphatic rings. The lowest BCUT2D eigenvalue weighted by molar-refractivity contribution is -0.141. The number of nitrogens with zero attached hydrogens (tertiary/aromatic N) is 2. The lowest BCUT2D eigenvalue weighted by Crippen LogP contribution is -2.11. The molecule has 2 aromatic rings. The predicted molar refractivity (Wildman–Crippen MR) is 68.1 cm³/mol. The molecular weight excluding hydrogens is 314 g/mol. The van der Waals surface area contributed by atoms with Crippen LogP contribution in [0.5, 0.6) is 11.6 Å². The average molecular weight is 322 g/mol. The van der Waals surface area contributed by atoms with Gasteiger partial charge in [0.25, 0.3) is 0 Å². The lowest BCUT2D eigenvalue weighted by atomic mass is 10.3. The van der Waals surface area contributed by atoms with Gasteiger partial charge in [-0.2, -0.15) is 18.2 Å². The summed E-state index contributed by atoms with van der Waals surface area (Å²) in [6.45, 7) is 0. The molecule has 1 aromatic heterocycles. The Bertz CT molecular complexity index is 663. The van der Waals surface area contributed by atoms with Crippen LogP contribution in [0.4, 0.5) is 23.5 Å². The summed E-state index contributed by atoms with van der Waals surface area (Å²) >= 11 is 5.56. The van der Waals surface area contributed by atoms with Crippen molar-refractivity contribution in [1.29, 1.82) is 0 Å². The molecule has 0 amide bonds. The van der Waals surface area contributed by atoms with Crippen molar-refractivity contribution in [2.24, 2.45) is 0 Å². The Hall–Kier alpha value is -2.09. The van der Waals surface area contributed by atoms with Gasteiger partial charge < -0.3 is 10.1 Å². The number of hydrogen-bond acceptors (Lipinski definition) is 4. The van der Waals surface area contributed by atoms with Crippen LogP contribution >= 0.6 is 11.6 Å². The summed E-state index contributed by atoms with van der Waals surface area (Å²) in [4.78, 5) is 6.93. The molecule has 1 aromatic carbocycles. The van der Waals surface area contributed by atoms with Gasteiger partial charge in [-0.1, -0.05) is 17.7 Å². The number of benzene rings is 1. The zero-order valence-corrected chi connectivity index (χ0v) is 11.3. The summed E-state index contributed by atoms with van der Waals surface area (Å²) in [5.41, 5.74) is -1.21. The van der Waals surface area contributed by atoms with E-state index in [1.54, 1.807) is 0 Å². The van der Waals surface area contributed by atoms with Gasteiger partial charge in [0.15, 0.2) is 17.3 Å². The van der Waals surface area contributed by atoms with Gasteiger partial charge in [0.05, 0.1) is 5.02 Å². The first-order valence-electron chi connectivity index (χ1n) is 5.57. The minimum atomic E-state index is -4.68. The summed E-state index contributed by atoms with van der Waals surface area (Å²) in [6.07, 6.45) is -4.68. The van der Waals surface area contributed by atoms with Crippen LogP contribution in [0, 0.1) is 5.82 Å². The molecule has 0 aliphatic carbocycles. The smallest absolute Gasteiger partial charge is 0.433 e. The van der Waals surface area contributed by atoms with Gasteiger partial charge in [0, 0.05) is 13.1 Å². The molecule has 0 unspecified atom stereocenters. The molecule has 0 aliphatic heterocycles. The zero-order valence-electron chi connectivity index (χ0n) is 10.5. The van der Waals surface area contributed by atoms with E-state index in [9.17, 15) is 17.6 Å². The summed E-state index contributed by atoms with van der Waals surface area (Å²) in [5, 5.41) is 2.15. The van der Waals surface area contributed by atoms with E-state index in [-0.39, 0.29) is 16.7 Å². The molecule has 0 saturated carbocycles. The molecule has 1 N–H and O–H groups in total. The van der Waals surface area contributed by atoms with Crippen LogP contribution < -0.4 is 10.1 Å². The first-order chi connectivity index (χ1) is 9.81. The topological polar surface area (TPSA) is 47.0 Å². The summed E-state index contributed by atoms with van der Waals surface area (Å²) < 4.78 is 56.8. The van der Waals surface area contributed by atoms with Gasteiger partial charge in [0.1, 0.15) is 0 Å².